The number of H-pyrrole nitrogens is 1. The first kappa shape index (κ1) is 19.4. The van der Waals surface area contributed by atoms with E-state index in [4.69, 9.17) is 4.74 Å². The van der Waals surface area contributed by atoms with Crippen molar-refractivity contribution in [2.75, 3.05) is 7.11 Å². The van der Waals surface area contributed by atoms with Gasteiger partial charge >= 0.3 is 0 Å². The molecule has 2 heterocycles. The summed E-state index contributed by atoms with van der Waals surface area (Å²) in [7, 11) is 1.58. The molecule has 4 rings (SSSR count). The lowest BCUT2D eigenvalue weighted by molar-refractivity contribution is 0.0729. The first-order valence-electron chi connectivity index (χ1n) is 9.57. The van der Waals surface area contributed by atoms with Crippen molar-refractivity contribution in [3.8, 4) is 5.75 Å². The van der Waals surface area contributed by atoms with Gasteiger partial charge in [-0.1, -0.05) is 24.3 Å². The van der Waals surface area contributed by atoms with E-state index in [9.17, 15) is 9.59 Å². The van der Waals surface area contributed by atoms with Crippen molar-refractivity contribution in [1.82, 2.24) is 14.9 Å². The van der Waals surface area contributed by atoms with E-state index in [1.165, 1.54) is 0 Å². The van der Waals surface area contributed by atoms with E-state index in [1.54, 1.807) is 42.6 Å². The zero-order valence-electron chi connectivity index (χ0n) is 16.5. The molecule has 0 fully saturated rings. The number of benzene rings is 2. The zero-order chi connectivity index (χ0) is 20.9. The second-order valence-electron chi connectivity index (χ2n) is 6.97. The molecule has 2 aromatic carbocycles. The highest BCUT2D eigenvalue weighted by molar-refractivity contribution is 5.94. The fourth-order valence-electron chi connectivity index (χ4n) is 3.35. The van der Waals surface area contributed by atoms with Gasteiger partial charge in [-0.15, -0.1) is 0 Å². The van der Waals surface area contributed by atoms with Gasteiger partial charge in [-0.05, 0) is 47.3 Å². The molecule has 0 bridgehead atoms. The molecular formula is C24H21N3O3. The Balaban J connectivity index is 1.69. The maximum atomic E-state index is 13.2. The van der Waals surface area contributed by atoms with Gasteiger partial charge in [0.1, 0.15) is 5.75 Å². The highest BCUT2D eigenvalue weighted by Gasteiger charge is 2.18. The Kier molecular flexibility index (Phi) is 5.57. The molecule has 1 N–H and O–H groups in total. The molecule has 0 saturated heterocycles. The van der Waals surface area contributed by atoms with E-state index in [-0.39, 0.29) is 18.0 Å². The van der Waals surface area contributed by atoms with Gasteiger partial charge in [0.15, 0.2) is 0 Å². The van der Waals surface area contributed by atoms with Crippen LogP contribution in [0.15, 0.2) is 83.9 Å². The molecule has 6 nitrogen and oxygen atoms in total. The molecule has 0 aliphatic rings. The van der Waals surface area contributed by atoms with Crippen molar-refractivity contribution in [3.05, 3.63) is 106 Å². The van der Waals surface area contributed by atoms with Crippen LogP contribution in [0, 0.1) is 0 Å². The Labute approximate surface area is 173 Å². The van der Waals surface area contributed by atoms with Gasteiger partial charge in [0, 0.05) is 36.1 Å². The van der Waals surface area contributed by atoms with E-state index in [0.717, 1.165) is 10.9 Å². The van der Waals surface area contributed by atoms with Gasteiger partial charge in [0.25, 0.3) is 11.5 Å². The Hall–Kier alpha value is -3.93. The van der Waals surface area contributed by atoms with Gasteiger partial charge in [-0.25, -0.2) is 0 Å². The number of amides is 1. The van der Waals surface area contributed by atoms with Crippen molar-refractivity contribution >= 4 is 16.8 Å². The number of methoxy groups -OCH3 is 1. The van der Waals surface area contributed by atoms with Crippen LogP contribution in [0.2, 0.25) is 0 Å². The Morgan fingerprint density at radius 2 is 1.87 bits per heavy atom. The minimum Gasteiger partial charge on any atom is -0.497 e. The topological polar surface area (TPSA) is 75.3 Å². The van der Waals surface area contributed by atoms with Crippen LogP contribution < -0.4 is 10.3 Å². The lowest BCUT2D eigenvalue weighted by Gasteiger charge is -2.23. The summed E-state index contributed by atoms with van der Waals surface area (Å²) in [4.78, 5) is 34.6. The fraction of sp³-hybridized carbons (Fsp3) is 0.125. The molecule has 2 aromatic heterocycles. The van der Waals surface area contributed by atoms with Crippen molar-refractivity contribution < 1.29 is 9.53 Å². The number of fused-ring (bicyclic) bond motifs is 1. The summed E-state index contributed by atoms with van der Waals surface area (Å²) in [5, 5.41) is 0.874. The minimum atomic E-state index is -0.229. The van der Waals surface area contributed by atoms with E-state index in [0.29, 0.717) is 28.9 Å². The molecule has 0 unspecified atom stereocenters. The average Bonchev–Trinajstić information content (AvgIpc) is 2.79. The first-order chi connectivity index (χ1) is 14.6. The van der Waals surface area contributed by atoms with Crippen LogP contribution in [0.1, 0.15) is 21.5 Å². The molecule has 30 heavy (non-hydrogen) atoms. The van der Waals surface area contributed by atoms with Gasteiger partial charge in [-0.3, -0.25) is 14.6 Å². The third kappa shape index (κ3) is 4.22. The molecule has 0 aliphatic heterocycles. The Morgan fingerprint density at radius 3 is 2.60 bits per heavy atom. The van der Waals surface area contributed by atoms with Crippen molar-refractivity contribution in [1.29, 1.82) is 0 Å². The lowest BCUT2D eigenvalue weighted by atomic mass is 10.1. The zero-order valence-corrected chi connectivity index (χ0v) is 16.5. The third-order valence-corrected chi connectivity index (χ3v) is 4.90. The Morgan fingerprint density at radius 1 is 1.03 bits per heavy atom. The fourth-order valence-corrected chi connectivity index (χ4v) is 3.35. The van der Waals surface area contributed by atoms with Crippen LogP contribution in [0.5, 0.6) is 5.75 Å². The van der Waals surface area contributed by atoms with Gasteiger partial charge in [-0.2, -0.15) is 0 Å². The van der Waals surface area contributed by atoms with Crippen molar-refractivity contribution in [2.45, 2.75) is 13.1 Å². The van der Waals surface area contributed by atoms with Crippen molar-refractivity contribution in [3.63, 3.8) is 0 Å². The monoisotopic (exact) mass is 399 g/mol. The highest BCUT2D eigenvalue weighted by atomic mass is 16.5. The van der Waals surface area contributed by atoms with Crippen LogP contribution in [-0.4, -0.2) is 27.9 Å². The second-order valence-corrected chi connectivity index (χ2v) is 6.97. The molecule has 1 amide bonds. The van der Waals surface area contributed by atoms with Gasteiger partial charge < -0.3 is 14.6 Å². The number of aromatic amines is 1. The number of pyridine rings is 2. The molecule has 0 atom stereocenters. The summed E-state index contributed by atoms with van der Waals surface area (Å²) in [5.41, 5.74) is 2.44. The number of carbonyl (C=O) groups is 1. The maximum absolute atomic E-state index is 13.2. The SMILES string of the molecule is COc1ccc2cc(CN(Cc3cccnc3)C(=O)c3ccccc3)c(=O)[nH]c2c1. The summed E-state index contributed by atoms with van der Waals surface area (Å²) in [6.45, 7) is 0.529. The predicted molar refractivity (Wildman–Crippen MR) is 115 cm³/mol. The number of ether oxygens (including phenoxy) is 1. The number of carbonyl (C=O) groups excluding carboxylic acids is 1. The normalized spacial score (nSPS) is 10.7. The maximum Gasteiger partial charge on any atom is 0.254 e. The van der Waals surface area contributed by atoms with E-state index >= 15 is 0 Å². The molecule has 4 aromatic rings. The molecule has 6 heteroatoms. The summed E-state index contributed by atoms with van der Waals surface area (Å²) < 4.78 is 5.22. The minimum absolute atomic E-state index is 0.145. The second kappa shape index (κ2) is 8.61. The summed E-state index contributed by atoms with van der Waals surface area (Å²) >= 11 is 0. The van der Waals surface area contributed by atoms with Crippen LogP contribution in [0.3, 0.4) is 0 Å². The molecular weight excluding hydrogens is 378 g/mol. The number of hydrogen-bond donors (Lipinski definition) is 1. The molecule has 150 valence electrons. The Bertz CT molecular complexity index is 1220. The number of aromatic nitrogens is 2. The quantitative estimate of drug-likeness (QED) is 0.535. The van der Waals surface area contributed by atoms with Crippen LogP contribution in [0.4, 0.5) is 0 Å². The number of nitrogens with one attached hydrogen (secondary N) is 1. The first-order valence-corrected chi connectivity index (χ1v) is 9.57. The molecule has 0 spiro atoms. The van der Waals surface area contributed by atoms with Gasteiger partial charge in [0.2, 0.25) is 0 Å². The van der Waals surface area contributed by atoms with Crippen molar-refractivity contribution in [2.24, 2.45) is 0 Å². The number of rotatable bonds is 6. The average molecular weight is 399 g/mol. The number of nitrogens with zero attached hydrogens (tertiary/aromatic N) is 2. The predicted octanol–water partition coefficient (Wildman–Crippen LogP) is 3.77. The van der Waals surface area contributed by atoms with E-state index in [1.807, 2.05) is 48.5 Å². The summed E-state index contributed by atoms with van der Waals surface area (Å²) in [6, 6.07) is 20.1. The van der Waals surface area contributed by atoms with E-state index in [2.05, 4.69) is 9.97 Å². The lowest BCUT2D eigenvalue weighted by Crippen LogP contribution is -2.32. The van der Waals surface area contributed by atoms with Crippen LogP contribution in [-0.2, 0) is 13.1 Å². The largest absolute Gasteiger partial charge is 0.497 e. The highest BCUT2D eigenvalue weighted by Crippen LogP contribution is 2.20. The molecule has 0 aliphatic carbocycles. The molecule has 0 saturated carbocycles. The standard InChI is InChI=1S/C24H21N3O3/c1-30-21-10-9-19-12-20(23(28)26-22(19)13-21)16-27(15-17-6-5-11-25-14-17)24(29)18-7-3-2-4-8-18/h2-14H,15-16H2,1H3,(H,26,28). The third-order valence-electron chi connectivity index (χ3n) is 4.90. The number of hydrogen-bond acceptors (Lipinski definition) is 4. The van der Waals surface area contributed by atoms with E-state index < -0.39 is 0 Å². The summed E-state index contributed by atoms with van der Waals surface area (Å²) in [5.74, 6) is 0.525. The van der Waals surface area contributed by atoms with Crippen LogP contribution >= 0.6 is 0 Å². The smallest absolute Gasteiger partial charge is 0.254 e. The van der Waals surface area contributed by atoms with Crippen LogP contribution in [0.25, 0.3) is 10.9 Å². The summed E-state index contributed by atoms with van der Waals surface area (Å²) in [6.07, 6.45) is 3.41. The van der Waals surface area contributed by atoms with Gasteiger partial charge in [0.05, 0.1) is 19.2 Å². The molecule has 0 radical (unpaired) electrons.